The molecule has 0 radical (unpaired) electrons. The fraction of sp³-hybridized carbons (Fsp3) is 0.667. The summed E-state index contributed by atoms with van der Waals surface area (Å²) in [4.78, 5) is 7.19. The van der Waals surface area contributed by atoms with Gasteiger partial charge in [0.1, 0.15) is 5.75 Å². The van der Waals surface area contributed by atoms with E-state index in [4.69, 9.17) is 9.73 Å². The molecule has 1 saturated heterocycles. The van der Waals surface area contributed by atoms with Crippen LogP contribution in [0.15, 0.2) is 29.3 Å². The van der Waals surface area contributed by atoms with E-state index in [1.165, 1.54) is 18.5 Å². The van der Waals surface area contributed by atoms with Gasteiger partial charge >= 0.3 is 0 Å². The first kappa shape index (κ1) is 20.6. The highest BCUT2D eigenvalue weighted by Gasteiger charge is 2.19. The zero-order chi connectivity index (χ0) is 18.9. The second kappa shape index (κ2) is 10.4. The van der Waals surface area contributed by atoms with Gasteiger partial charge in [0.05, 0.1) is 12.6 Å². The summed E-state index contributed by atoms with van der Waals surface area (Å²) in [5.41, 5.74) is 1.23. The van der Waals surface area contributed by atoms with Gasteiger partial charge in [-0.3, -0.25) is 4.99 Å². The molecule has 0 aliphatic carbocycles. The first-order chi connectivity index (χ1) is 12.5. The summed E-state index contributed by atoms with van der Waals surface area (Å²) in [5, 5.41) is 6.89. The lowest BCUT2D eigenvalue weighted by atomic mass is 10.1. The zero-order valence-electron chi connectivity index (χ0n) is 17.1. The van der Waals surface area contributed by atoms with Crippen LogP contribution in [0.2, 0.25) is 0 Å². The fourth-order valence-corrected chi connectivity index (χ4v) is 3.12. The quantitative estimate of drug-likeness (QED) is 0.552. The van der Waals surface area contributed by atoms with Crippen LogP contribution in [0.1, 0.15) is 45.7 Å². The maximum atomic E-state index is 5.77. The molecule has 1 aliphatic heterocycles. The third kappa shape index (κ3) is 6.87. The summed E-state index contributed by atoms with van der Waals surface area (Å²) in [7, 11) is 2.18. The highest BCUT2D eigenvalue weighted by molar-refractivity contribution is 5.80. The minimum absolute atomic E-state index is 0.193. The van der Waals surface area contributed by atoms with E-state index in [9.17, 15) is 0 Å². The maximum absolute atomic E-state index is 5.77. The molecule has 2 unspecified atom stereocenters. The molecule has 0 bridgehead atoms. The van der Waals surface area contributed by atoms with E-state index in [1.54, 1.807) is 0 Å². The number of benzene rings is 1. The van der Waals surface area contributed by atoms with Gasteiger partial charge in [0.25, 0.3) is 0 Å². The number of rotatable bonds is 8. The molecule has 2 rings (SSSR count). The van der Waals surface area contributed by atoms with E-state index >= 15 is 0 Å². The summed E-state index contributed by atoms with van der Waals surface area (Å²) in [6.07, 6.45) is 1.24. The molecule has 5 heteroatoms. The number of likely N-dealkylation sites (tertiary alicyclic amines) is 1. The van der Waals surface area contributed by atoms with Crippen LogP contribution in [0.3, 0.4) is 0 Å². The topological polar surface area (TPSA) is 48.9 Å². The Bertz CT molecular complexity index is 556. The lowest BCUT2D eigenvalue weighted by Crippen LogP contribution is -2.39. The second-order valence-electron chi connectivity index (χ2n) is 7.78. The standard InChI is InChI=1S/C21H36N4O/c1-6-22-21(23-13-18-11-12-25(5)14-18)24-17(4)19-7-9-20(10-8-19)26-15-16(2)3/h7-10,16-18H,6,11-15H2,1-5H3,(H2,22,23,24). The smallest absolute Gasteiger partial charge is 0.191 e. The lowest BCUT2D eigenvalue weighted by molar-refractivity contribution is 0.271. The Labute approximate surface area is 159 Å². The van der Waals surface area contributed by atoms with E-state index in [0.29, 0.717) is 11.8 Å². The van der Waals surface area contributed by atoms with Crippen LogP contribution < -0.4 is 15.4 Å². The number of hydrogen-bond donors (Lipinski definition) is 2. The van der Waals surface area contributed by atoms with Crippen molar-refractivity contribution in [2.24, 2.45) is 16.8 Å². The van der Waals surface area contributed by atoms with Gasteiger partial charge in [0.15, 0.2) is 5.96 Å². The average molecular weight is 361 g/mol. The van der Waals surface area contributed by atoms with Gasteiger partial charge in [-0.2, -0.15) is 0 Å². The molecule has 2 atom stereocenters. The summed E-state index contributed by atoms with van der Waals surface area (Å²) >= 11 is 0. The molecule has 0 spiro atoms. The molecule has 0 saturated carbocycles. The molecule has 26 heavy (non-hydrogen) atoms. The van der Waals surface area contributed by atoms with Crippen LogP contribution in [0, 0.1) is 11.8 Å². The molecular weight excluding hydrogens is 324 g/mol. The summed E-state index contributed by atoms with van der Waals surface area (Å²) in [5.74, 6) is 3.03. The van der Waals surface area contributed by atoms with Crippen LogP contribution in [0.25, 0.3) is 0 Å². The van der Waals surface area contributed by atoms with Crippen molar-refractivity contribution in [3.63, 3.8) is 0 Å². The van der Waals surface area contributed by atoms with Crippen LogP contribution in [0.4, 0.5) is 0 Å². The molecule has 146 valence electrons. The molecule has 1 aromatic rings. The Balaban J connectivity index is 1.90. The molecular formula is C21H36N4O. The summed E-state index contributed by atoms with van der Waals surface area (Å²) in [6, 6.07) is 8.55. The SMILES string of the molecule is CCNC(=NCC1CCN(C)C1)NC(C)c1ccc(OCC(C)C)cc1. The predicted octanol–water partition coefficient (Wildman–Crippen LogP) is 3.29. The van der Waals surface area contributed by atoms with Crippen molar-refractivity contribution >= 4 is 5.96 Å². The van der Waals surface area contributed by atoms with Gasteiger partial charge < -0.3 is 20.3 Å². The highest BCUT2D eigenvalue weighted by Crippen LogP contribution is 2.18. The van der Waals surface area contributed by atoms with Crippen molar-refractivity contribution < 1.29 is 4.74 Å². The van der Waals surface area contributed by atoms with Gasteiger partial charge in [0.2, 0.25) is 0 Å². The molecule has 1 heterocycles. The normalized spacial score (nSPS) is 19.6. The van der Waals surface area contributed by atoms with Gasteiger partial charge in [-0.1, -0.05) is 26.0 Å². The molecule has 5 nitrogen and oxygen atoms in total. The van der Waals surface area contributed by atoms with E-state index in [-0.39, 0.29) is 6.04 Å². The van der Waals surface area contributed by atoms with Crippen molar-refractivity contribution in [2.45, 2.75) is 40.2 Å². The second-order valence-corrected chi connectivity index (χ2v) is 7.78. The lowest BCUT2D eigenvalue weighted by Gasteiger charge is -2.19. The molecule has 1 aliphatic rings. The molecule has 0 amide bonds. The van der Waals surface area contributed by atoms with E-state index in [2.05, 4.69) is 62.4 Å². The largest absolute Gasteiger partial charge is 0.493 e. The number of aliphatic imine (C=N–C) groups is 1. The van der Waals surface area contributed by atoms with Gasteiger partial charge in [-0.05, 0) is 63.4 Å². The third-order valence-electron chi connectivity index (χ3n) is 4.66. The van der Waals surface area contributed by atoms with Gasteiger partial charge in [0, 0.05) is 19.6 Å². The Morgan fingerprint density at radius 1 is 1.27 bits per heavy atom. The molecule has 1 aromatic carbocycles. The predicted molar refractivity (Wildman–Crippen MR) is 110 cm³/mol. The number of nitrogens with one attached hydrogen (secondary N) is 2. The number of ether oxygens (including phenoxy) is 1. The Hall–Kier alpha value is -1.75. The number of guanidine groups is 1. The zero-order valence-corrected chi connectivity index (χ0v) is 17.1. The van der Waals surface area contributed by atoms with E-state index in [1.807, 2.05) is 12.1 Å². The monoisotopic (exact) mass is 360 g/mol. The maximum Gasteiger partial charge on any atom is 0.191 e. The molecule has 1 fully saturated rings. The Kier molecular flexibility index (Phi) is 8.23. The van der Waals surface area contributed by atoms with Crippen LogP contribution >= 0.6 is 0 Å². The van der Waals surface area contributed by atoms with Gasteiger partial charge in [-0.25, -0.2) is 0 Å². The van der Waals surface area contributed by atoms with E-state index < -0.39 is 0 Å². The van der Waals surface area contributed by atoms with Crippen molar-refractivity contribution in [3.8, 4) is 5.75 Å². The van der Waals surface area contributed by atoms with Crippen molar-refractivity contribution in [2.75, 3.05) is 39.8 Å². The van der Waals surface area contributed by atoms with Crippen molar-refractivity contribution in [3.05, 3.63) is 29.8 Å². The summed E-state index contributed by atoms with van der Waals surface area (Å²) < 4.78 is 5.77. The first-order valence-electron chi connectivity index (χ1n) is 9.94. The average Bonchev–Trinajstić information content (AvgIpc) is 3.04. The molecule has 2 N–H and O–H groups in total. The van der Waals surface area contributed by atoms with E-state index in [0.717, 1.165) is 38.0 Å². The summed E-state index contributed by atoms with van der Waals surface area (Å²) in [6.45, 7) is 13.4. The van der Waals surface area contributed by atoms with Crippen LogP contribution in [-0.4, -0.2) is 50.7 Å². The van der Waals surface area contributed by atoms with Gasteiger partial charge in [-0.15, -0.1) is 0 Å². The third-order valence-corrected chi connectivity index (χ3v) is 4.66. The Morgan fingerprint density at radius 2 is 2.00 bits per heavy atom. The van der Waals surface area contributed by atoms with Crippen LogP contribution in [0.5, 0.6) is 5.75 Å². The number of hydrogen-bond acceptors (Lipinski definition) is 3. The van der Waals surface area contributed by atoms with Crippen molar-refractivity contribution in [1.29, 1.82) is 0 Å². The highest BCUT2D eigenvalue weighted by atomic mass is 16.5. The fourth-order valence-electron chi connectivity index (χ4n) is 3.12. The minimum atomic E-state index is 0.193. The number of nitrogens with zero attached hydrogens (tertiary/aromatic N) is 2. The molecule has 0 aromatic heterocycles. The minimum Gasteiger partial charge on any atom is -0.493 e. The van der Waals surface area contributed by atoms with Crippen molar-refractivity contribution in [1.82, 2.24) is 15.5 Å². The van der Waals surface area contributed by atoms with Crippen LogP contribution in [-0.2, 0) is 0 Å². The Morgan fingerprint density at radius 3 is 2.58 bits per heavy atom. The first-order valence-corrected chi connectivity index (χ1v) is 9.94.